The SMILES string of the molecule is CCCCCCCCCc1ccc(-c2ccc(C(=O)Oc3ccc([C@@H](COCCCCC)C(F)F)cc3)cc2)cc1. The lowest BCUT2D eigenvalue weighted by Gasteiger charge is -2.17. The molecule has 3 aromatic rings. The summed E-state index contributed by atoms with van der Waals surface area (Å²) in [6.07, 6.45) is 10.7. The average molecular weight is 565 g/mol. The Bertz CT molecular complexity index is 1120. The Hall–Kier alpha value is -3.05. The van der Waals surface area contributed by atoms with Crippen LogP contribution in [0.5, 0.6) is 5.75 Å². The molecule has 0 spiro atoms. The molecule has 3 nitrogen and oxygen atoms in total. The minimum absolute atomic E-state index is 0.0330. The summed E-state index contributed by atoms with van der Waals surface area (Å²) < 4.78 is 38.2. The fourth-order valence-corrected chi connectivity index (χ4v) is 4.88. The highest BCUT2D eigenvalue weighted by Crippen LogP contribution is 2.27. The molecule has 0 fully saturated rings. The highest BCUT2D eigenvalue weighted by Gasteiger charge is 2.23. The zero-order valence-corrected chi connectivity index (χ0v) is 24.8. The zero-order valence-electron chi connectivity index (χ0n) is 24.8. The first kappa shape index (κ1) is 32.5. The summed E-state index contributed by atoms with van der Waals surface area (Å²) >= 11 is 0. The van der Waals surface area contributed by atoms with Crippen molar-refractivity contribution >= 4 is 5.97 Å². The lowest BCUT2D eigenvalue weighted by atomic mass is 10.00. The molecule has 0 radical (unpaired) electrons. The topological polar surface area (TPSA) is 35.5 Å². The third kappa shape index (κ3) is 11.4. The van der Waals surface area contributed by atoms with Gasteiger partial charge < -0.3 is 9.47 Å². The van der Waals surface area contributed by atoms with Crippen molar-refractivity contribution in [3.8, 4) is 16.9 Å². The molecule has 0 aliphatic rings. The Labute approximate surface area is 245 Å². The Morgan fingerprint density at radius 2 is 1.24 bits per heavy atom. The molecule has 222 valence electrons. The third-order valence-electron chi connectivity index (χ3n) is 7.49. The van der Waals surface area contributed by atoms with Crippen LogP contribution in [0.4, 0.5) is 8.78 Å². The van der Waals surface area contributed by atoms with Crippen molar-refractivity contribution < 1.29 is 23.0 Å². The van der Waals surface area contributed by atoms with Gasteiger partial charge in [0.1, 0.15) is 5.75 Å². The summed E-state index contributed by atoms with van der Waals surface area (Å²) in [5.74, 6) is -1.18. The van der Waals surface area contributed by atoms with Crippen LogP contribution in [0.15, 0.2) is 72.8 Å². The van der Waals surface area contributed by atoms with Crippen molar-refractivity contribution in [3.05, 3.63) is 89.5 Å². The average Bonchev–Trinajstić information content (AvgIpc) is 2.99. The van der Waals surface area contributed by atoms with Crippen molar-refractivity contribution in [1.82, 2.24) is 0 Å². The van der Waals surface area contributed by atoms with Gasteiger partial charge in [-0.25, -0.2) is 13.6 Å². The van der Waals surface area contributed by atoms with E-state index in [9.17, 15) is 13.6 Å². The number of benzene rings is 3. The molecule has 0 amide bonds. The molecule has 0 aliphatic carbocycles. The van der Waals surface area contributed by atoms with E-state index in [2.05, 4.69) is 38.1 Å². The third-order valence-corrected chi connectivity index (χ3v) is 7.49. The number of aryl methyl sites for hydroxylation is 1. The molecule has 3 rings (SSSR count). The number of unbranched alkanes of at least 4 members (excludes halogenated alkanes) is 8. The van der Waals surface area contributed by atoms with Crippen LogP contribution in [0.1, 0.15) is 105 Å². The normalized spacial score (nSPS) is 12.0. The van der Waals surface area contributed by atoms with Gasteiger partial charge in [-0.05, 0) is 65.8 Å². The van der Waals surface area contributed by atoms with Gasteiger partial charge in [0, 0.05) is 6.61 Å². The molecule has 0 aliphatic heterocycles. The van der Waals surface area contributed by atoms with Gasteiger partial charge in [0.2, 0.25) is 6.43 Å². The quantitative estimate of drug-likeness (QED) is 0.0825. The summed E-state index contributed by atoms with van der Waals surface area (Å²) in [5, 5.41) is 0. The van der Waals surface area contributed by atoms with Gasteiger partial charge in [-0.3, -0.25) is 0 Å². The summed E-state index contributed by atoms with van der Waals surface area (Å²) in [6.45, 7) is 4.78. The van der Waals surface area contributed by atoms with Gasteiger partial charge in [0.05, 0.1) is 18.1 Å². The molecular weight excluding hydrogens is 518 g/mol. The van der Waals surface area contributed by atoms with Crippen molar-refractivity contribution in [1.29, 1.82) is 0 Å². The molecule has 1 atom stereocenters. The van der Waals surface area contributed by atoms with Crippen LogP contribution in [0, 0.1) is 0 Å². The summed E-state index contributed by atoms with van der Waals surface area (Å²) in [4.78, 5) is 12.7. The first-order valence-corrected chi connectivity index (χ1v) is 15.4. The summed E-state index contributed by atoms with van der Waals surface area (Å²) in [7, 11) is 0. The van der Waals surface area contributed by atoms with E-state index >= 15 is 0 Å². The molecule has 3 aromatic carbocycles. The van der Waals surface area contributed by atoms with Crippen molar-refractivity contribution in [2.75, 3.05) is 13.2 Å². The molecule has 0 aromatic heterocycles. The number of alkyl halides is 2. The number of rotatable bonds is 19. The largest absolute Gasteiger partial charge is 0.423 e. The maximum Gasteiger partial charge on any atom is 0.343 e. The minimum atomic E-state index is -2.53. The maximum absolute atomic E-state index is 13.6. The van der Waals surface area contributed by atoms with Gasteiger partial charge in [-0.2, -0.15) is 0 Å². The fraction of sp³-hybridized carbons (Fsp3) is 0.472. The van der Waals surface area contributed by atoms with Crippen molar-refractivity contribution in [2.24, 2.45) is 0 Å². The predicted molar refractivity (Wildman–Crippen MR) is 164 cm³/mol. The summed E-state index contributed by atoms with van der Waals surface area (Å²) in [6, 6.07) is 22.3. The van der Waals surface area contributed by atoms with Crippen molar-refractivity contribution in [3.63, 3.8) is 0 Å². The Kier molecular flexibility index (Phi) is 14.6. The zero-order chi connectivity index (χ0) is 29.3. The molecule has 0 bridgehead atoms. The number of hydrogen-bond donors (Lipinski definition) is 0. The molecule has 0 heterocycles. The number of ether oxygens (including phenoxy) is 2. The second-order valence-electron chi connectivity index (χ2n) is 10.8. The molecule has 5 heteroatoms. The highest BCUT2D eigenvalue weighted by molar-refractivity contribution is 5.91. The number of carbonyl (C=O) groups is 1. The molecule has 0 saturated heterocycles. The van der Waals surface area contributed by atoms with E-state index in [1.807, 2.05) is 12.1 Å². The van der Waals surface area contributed by atoms with E-state index < -0.39 is 18.3 Å². The number of esters is 1. The Balaban J connectivity index is 1.48. The second kappa shape index (κ2) is 18.4. The molecular formula is C36H46F2O3. The number of halogens is 2. The number of carbonyl (C=O) groups excluding carboxylic acids is 1. The van der Waals surface area contributed by atoms with Crippen LogP contribution in [-0.4, -0.2) is 25.6 Å². The smallest absolute Gasteiger partial charge is 0.343 e. The lowest BCUT2D eigenvalue weighted by Crippen LogP contribution is -2.16. The van der Waals surface area contributed by atoms with Crippen LogP contribution in [-0.2, 0) is 11.2 Å². The van der Waals surface area contributed by atoms with Gasteiger partial charge in [0.25, 0.3) is 0 Å². The van der Waals surface area contributed by atoms with Crippen LogP contribution in [0.2, 0.25) is 0 Å². The highest BCUT2D eigenvalue weighted by atomic mass is 19.3. The molecule has 0 saturated carbocycles. The standard InChI is InChI=1S/C36H46F2O3/c1-3-5-7-8-9-10-11-13-28-14-16-29(17-15-28)30-18-20-32(21-19-30)36(39)41-33-24-22-31(23-25-33)34(35(37)38)27-40-26-12-6-4-2/h14-25,34-35H,3-13,26-27H2,1-2H3/t34-/m1/s1. The minimum Gasteiger partial charge on any atom is -0.423 e. The van der Waals surface area contributed by atoms with Crippen molar-refractivity contribution in [2.45, 2.75) is 96.8 Å². The van der Waals surface area contributed by atoms with E-state index in [1.165, 1.54) is 50.5 Å². The van der Waals surface area contributed by atoms with Gasteiger partial charge in [-0.15, -0.1) is 0 Å². The van der Waals surface area contributed by atoms with Crippen LogP contribution < -0.4 is 4.74 Å². The molecule has 0 unspecified atom stereocenters. The van der Waals surface area contributed by atoms with E-state index in [4.69, 9.17) is 9.47 Å². The predicted octanol–water partition coefficient (Wildman–Crippen LogP) is 10.4. The van der Waals surface area contributed by atoms with Crippen LogP contribution >= 0.6 is 0 Å². The monoisotopic (exact) mass is 564 g/mol. The Morgan fingerprint density at radius 1 is 0.683 bits per heavy atom. The second-order valence-corrected chi connectivity index (χ2v) is 10.8. The molecule has 41 heavy (non-hydrogen) atoms. The first-order valence-electron chi connectivity index (χ1n) is 15.4. The van der Waals surface area contributed by atoms with Crippen LogP contribution in [0.25, 0.3) is 11.1 Å². The van der Waals surface area contributed by atoms with E-state index in [0.29, 0.717) is 23.5 Å². The van der Waals surface area contributed by atoms with E-state index in [-0.39, 0.29) is 6.61 Å². The van der Waals surface area contributed by atoms with Gasteiger partial charge in [-0.1, -0.05) is 114 Å². The number of hydrogen-bond acceptors (Lipinski definition) is 3. The maximum atomic E-state index is 13.6. The van der Waals surface area contributed by atoms with Crippen LogP contribution in [0.3, 0.4) is 0 Å². The lowest BCUT2D eigenvalue weighted by molar-refractivity contribution is 0.0422. The van der Waals surface area contributed by atoms with E-state index in [0.717, 1.165) is 36.8 Å². The van der Waals surface area contributed by atoms with E-state index in [1.54, 1.807) is 36.4 Å². The summed E-state index contributed by atoms with van der Waals surface area (Å²) in [5.41, 5.74) is 4.38. The Morgan fingerprint density at radius 3 is 1.85 bits per heavy atom. The molecule has 0 N–H and O–H groups in total. The first-order chi connectivity index (χ1) is 20.0. The van der Waals surface area contributed by atoms with Gasteiger partial charge >= 0.3 is 5.97 Å². The fourth-order valence-electron chi connectivity index (χ4n) is 4.88. The van der Waals surface area contributed by atoms with Gasteiger partial charge in [0.15, 0.2) is 0 Å².